The molecule has 0 spiro atoms. The van der Waals surface area contributed by atoms with Crippen molar-refractivity contribution < 1.29 is 23.7 Å². The Morgan fingerprint density at radius 1 is 0.938 bits per heavy atom. The number of anilines is 1. The van der Waals surface area contributed by atoms with Gasteiger partial charge < -0.3 is 23.8 Å². The van der Waals surface area contributed by atoms with E-state index < -0.39 is 5.97 Å². The topological polar surface area (TPSA) is 81.0 Å². The molecule has 0 aliphatic heterocycles. The van der Waals surface area contributed by atoms with E-state index in [2.05, 4.69) is 18.7 Å². The summed E-state index contributed by atoms with van der Waals surface area (Å²) in [6.07, 6.45) is 6.17. The van der Waals surface area contributed by atoms with Crippen LogP contribution in [0.1, 0.15) is 45.1 Å². The predicted octanol–water partition coefficient (Wildman–Crippen LogP) is 4.22. The number of ether oxygens (including phenoxy) is 4. The molecular formula is C25H38N2O5. The number of benzene rings is 1. The lowest BCUT2D eigenvalue weighted by Gasteiger charge is -2.24. The quantitative estimate of drug-likeness (QED) is 0.144. The van der Waals surface area contributed by atoms with Crippen LogP contribution in [0.2, 0.25) is 0 Å². The summed E-state index contributed by atoms with van der Waals surface area (Å²) in [5.41, 5.74) is 1.92. The molecule has 0 saturated heterocycles. The lowest BCUT2D eigenvalue weighted by molar-refractivity contribution is -0.140. The van der Waals surface area contributed by atoms with E-state index in [-0.39, 0.29) is 18.8 Å². The summed E-state index contributed by atoms with van der Waals surface area (Å²) < 4.78 is 20.6. The number of rotatable bonds is 18. The van der Waals surface area contributed by atoms with Crippen molar-refractivity contribution in [3.05, 3.63) is 35.4 Å². The van der Waals surface area contributed by atoms with Gasteiger partial charge >= 0.3 is 5.97 Å². The van der Waals surface area contributed by atoms with E-state index in [0.717, 1.165) is 50.0 Å². The smallest absolute Gasteiger partial charge is 0.348 e. The number of nitriles is 1. The van der Waals surface area contributed by atoms with Gasteiger partial charge in [0, 0.05) is 25.9 Å². The molecule has 0 bridgehead atoms. The maximum Gasteiger partial charge on any atom is 0.348 e. The molecule has 1 aromatic carbocycles. The van der Waals surface area contributed by atoms with Crippen LogP contribution < -0.4 is 4.90 Å². The SMILES string of the molecule is CCCCN(CCCC)c1ccc(/C=C(/C#N)C(=O)OCCOCCOCCOC)cc1. The largest absolute Gasteiger partial charge is 0.459 e. The number of esters is 1. The molecule has 7 heteroatoms. The van der Waals surface area contributed by atoms with Crippen molar-refractivity contribution in [3.63, 3.8) is 0 Å². The van der Waals surface area contributed by atoms with Crippen LogP contribution >= 0.6 is 0 Å². The van der Waals surface area contributed by atoms with Gasteiger partial charge in [0.05, 0.1) is 33.0 Å². The van der Waals surface area contributed by atoms with E-state index >= 15 is 0 Å². The summed E-state index contributed by atoms with van der Waals surface area (Å²) in [5, 5.41) is 9.35. The van der Waals surface area contributed by atoms with Crippen LogP contribution in [0, 0.1) is 11.3 Å². The van der Waals surface area contributed by atoms with Crippen LogP contribution in [0.15, 0.2) is 29.8 Å². The standard InChI is InChI=1S/C25H38N2O5/c1-4-6-12-27(13-7-5-2)24-10-8-22(9-11-24)20-23(21-26)25(28)32-19-18-31-17-16-30-15-14-29-3/h8-11,20H,4-7,12-19H2,1-3H3/b23-20-. The zero-order chi connectivity index (χ0) is 23.4. The Morgan fingerprint density at radius 2 is 1.50 bits per heavy atom. The first kappa shape index (κ1) is 27.6. The molecule has 32 heavy (non-hydrogen) atoms. The number of hydrogen-bond donors (Lipinski definition) is 0. The third-order valence-corrected chi connectivity index (χ3v) is 4.74. The first-order valence-corrected chi connectivity index (χ1v) is 11.4. The molecule has 0 atom stereocenters. The van der Waals surface area contributed by atoms with Crippen LogP contribution in [-0.4, -0.2) is 65.8 Å². The van der Waals surface area contributed by atoms with Crippen molar-refractivity contribution >= 4 is 17.7 Å². The summed E-state index contributed by atoms with van der Waals surface area (Å²) in [5.74, 6) is -0.649. The first-order chi connectivity index (χ1) is 15.7. The maximum atomic E-state index is 12.2. The predicted molar refractivity (Wildman–Crippen MR) is 127 cm³/mol. The third-order valence-electron chi connectivity index (χ3n) is 4.74. The van der Waals surface area contributed by atoms with Gasteiger partial charge in [0.25, 0.3) is 0 Å². The summed E-state index contributed by atoms with van der Waals surface area (Å²) in [6, 6.07) is 9.87. The van der Waals surface area contributed by atoms with Gasteiger partial charge in [0.2, 0.25) is 0 Å². The Labute approximate surface area is 192 Å². The molecule has 0 aliphatic rings. The Kier molecular flexibility index (Phi) is 15.7. The van der Waals surface area contributed by atoms with E-state index in [1.165, 1.54) is 0 Å². The van der Waals surface area contributed by atoms with Gasteiger partial charge in [-0.15, -0.1) is 0 Å². The summed E-state index contributed by atoms with van der Waals surface area (Å²) in [6.45, 7) is 8.69. The van der Waals surface area contributed by atoms with Crippen LogP contribution in [0.25, 0.3) is 6.08 Å². The van der Waals surface area contributed by atoms with Crippen LogP contribution in [0.4, 0.5) is 5.69 Å². The summed E-state index contributed by atoms with van der Waals surface area (Å²) >= 11 is 0. The van der Waals surface area contributed by atoms with Gasteiger partial charge in [0.15, 0.2) is 0 Å². The zero-order valence-corrected chi connectivity index (χ0v) is 19.8. The minimum Gasteiger partial charge on any atom is -0.459 e. The van der Waals surface area contributed by atoms with E-state index in [0.29, 0.717) is 26.4 Å². The van der Waals surface area contributed by atoms with E-state index in [4.69, 9.17) is 18.9 Å². The molecule has 0 saturated carbocycles. The number of carbonyl (C=O) groups excluding carboxylic acids is 1. The van der Waals surface area contributed by atoms with Gasteiger partial charge in [-0.3, -0.25) is 0 Å². The second kappa shape index (κ2) is 18.2. The van der Waals surface area contributed by atoms with Crippen LogP contribution in [-0.2, 0) is 23.7 Å². The molecule has 0 radical (unpaired) electrons. The second-order valence-electron chi connectivity index (χ2n) is 7.31. The lowest BCUT2D eigenvalue weighted by atomic mass is 10.1. The van der Waals surface area contributed by atoms with E-state index in [9.17, 15) is 10.1 Å². The monoisotopic (exact) mass is 446 g/mol. The van der Waals surface area contributed by atoms with Crippen molar-refractivity contribution in [2.45, 2.75) is 39.5 Å². The third kappa shape index (κ3) is 11.8. The Bertz CT molecular complexity index is 689. The van der Waals surface area contributed by atoms with Crippen molar-refractivity contribution in [1.29, 1.82) is 5.26 Å². The summed E-state index contributed by atoms with van der Waals surface area (Å²) in [7, 11) is 1.61. The molecule has 1 rings (SSSR count). The molecule has 0 aliphatic carbocycles. The minimum absolute atomic E-state index is 0.0329. The number of hydrogen-bond acceptors (Lipinski definition) is 7. The first-order valence-electron chi connectivity index (χ1n) is 11.4. The van der Waals surface area contributed by atoms with Gasteiger partial charge in [0.1, 0.15) is 18.2 Å². The number of carbonyl (C=O) groups is 1. The lowest BCUT2D eigenvalue weighted by Crippen LogP contribution is -2.25. The highest BCUT2D eigenvalue weighted by molar-refractivity contribution is 5.97. The Morgan fingerprint density at radius 3 is 2.03 bits per heavy atom. The number of nitrogens with zero attached hydrogens (tertiary/aromatic N) is 2. The van der Waals surface area contributed by atoms with E-state index in [1.807, 2.05) is 30.3 Å². The Balaban J connectivity index is 2.51. The maximum absolute atomic E-state index is 12.2. The fourth-order valence-electron chi connectivity index (χ4n) is 2.89. The molecule has 0 fully saturated rings. The molecule has 0 unspecified atom stereocenters. The number of methoxy groups -OCH3 is 1. The number of unbranched alkanes of at least 4 members (excludes halogenated alkanes) is 2. The highest BCUT2D eigenvalue weighted by atomic mass is 16.6. The van der Waals surface area contributed by atoms with Crippen LogP contribution in [0.3, 0.4) is 0 Å². The fraction of sp³-hybridized carbons (Fsp3) is 0.600. The average molecular weight is 447 g/mol. The molecule has 1 aromatic rings. The van der Waals surface area contributed by atoms with Gasteiger partial charge in [-0.25, -0.2) is 4.79 Å². The molecule has 178 valence electrons. The molecule has 0 N–H and O–H groups in total. The van der Waals surface area contributed by atoms with Crippen molar-refractivity contribution in [2.24, 2.45) is 0 Å². The summed E-state index contributed by atoms with van der Waals surface area (Å²) in [4.78, 5) is 14.6. The molecule has 0 amide bonds. The average Bonchev–Trinajstić information content (AvgIpc) is 2.82. The van der Waals surface area contributed by atoms with Gasteiger partial charge in [-0.2, -0.15) is 5.26 Å². The van der Waals surface area contributed by atoms with Gasteiger partial charge in [-0.05, 0) is 36.6 Å². The Hall–Kier alpha value is -2.40. The van der Waals surface area contributed by atoms with Crippen molar-refractivity contribution in [3.8, 4) is 6.07 Å². The highest BCUT2D eigenvalue weighted by Crippen LogP contribution is 2.18. The molecular weight excluding hydrogens is 408 g/mol. The van der Waals surface area contributed by atoms with Crippen molar-refractivity contribution in [1.82, 2.24) is 0 Å². The van der Waals surface area contributed by atoms with Crippen molar-refractivity contribution in [2.75, 3.05) is 64.7 Å². The zero-order valence-electron chi connectivity index (χ0n) is 19.8. The van der Waals surface area contributed by atoms with Gasteiger partial charge in [-0.1, -0.05) is 38.8 Å². The van der Waals surface area contributed by atoms with Crippen LogP contribution in [0.5, 0.6) is 0 Å². The molecule has 0 aromatic heterocycles. The normalized spacial score (nSPS) is 11.2. The second-order valence-corrected chi connectivity index (χ2v) is 7.31. The van der Waals surface area contributed by atoms with E-state index in [1.54, 1.807) is 13.2 Å². The minimum atomic E-state index is -0.649. The molecule has 0 heterocycles. The molecule has 7 nitrogen and oxygen atoms in total. The fourth-order valence-corrected chi connectivity index (χ4v) is 2.89. The highest BCUT2D eigenvalue weighted by Gasteiger charge is 2.11.